The Morgan fingerprint density at radius 2 is 2.10 bits per heavy atom. The third-order valence-electron chi connectivity index (χ3n) is 4.21. The quantitative estimate of drug-likeness (QED) is 0.660. The summed E-state index contributed by atoms with van der Waals surface area (Å²) in [6, 6.07) is 13.6. The van der Waals surface area contributed by atoms with E-state index in [0.717, 1.165) is 18.4 Å². The fraction of sp³-hybridized carbons (Fsp3) is 0.294. The molecule has 104 valence electrons. The molecule has 0 spiro atoms. The van der Waals surface area contributed by atoms with Crippen molar-refractivity contribution in [1.82, 2.24) is 5.43 Å². The topological polar surface area (TPSA) is 38.0 Å². The minimum atomic E-state index is -0.180. The molecule has 0 heterocycles. The first-order valence-electron chi connectivity index (χ1n) is 6.99. The van der Waals surface area contributed by atoms with Gasteiger partial charge in [0.1, 0.15) is 5.82 Å². The van der Waals surface area contributed by atoms with Crippen molar-refractivity contribution in [3.8, 4) is 0 Å². The van der Waals surface area contributed by atoms with Crippen LogP contribution < -0.4 is 11.3 Å². The maximum absolute atomic E-state index is 14.1. The Morgan fingerprint density at radius 1 is 1.30 bits per heavy atom. The normalized spacial score (nSPS) is 18.2. The lowest BCUT2D eigenvalue weighted by molar-refractivity contribution is 0.421. The Hall–Kier alpha value is -1.71. The second-order valence-corrected chi connectivity index (χ2v) is 5.58. The van der Waals surface area contributed by atoms with Gasteiger partial charge in [-0.3, -0.25) is 11.3 Å². The standard InChI is InChI=1S/C17H19FN2/c1-11-6-7-15(16(18)8-11)17(20-19)10-13-9-12-4-2-3-5-14(12)13/h2-8,13,17,20H,9-10,19H2,1H3. The van der Waals surface area contributed by atoms with Crippen LogP contribution in [0.5, 0.6) is 0 Å². The van der Waals surface area contributed by atoms with E-state index in [1.807, 2.05) is 19.1 Å². The number of hydrazine groups is 1. The van der Waals surface area contributed by atoms with Crippen LogP contribution in [0.1, 0.15) is 40.6 Å². The number of benzene rings is 2. The molecule has 0 fully saturated rings. The van der Waals surface area contributed by atoms with Crippen LogP contribution in [0.15, 0.2) is 42.5 Å². The summed E-state index contributed by atoms with van der Waals surface area (Å²) < 4.78 is 14.1. The summed E-state index contributed by atoms with van der Waals surface area (Å²) in [6.45, 7) is 1.89. The maximum atomic E-state index is 14.1. The van der Waals surface area contributed by atoms with Gasteiger partial charge in [0.25, 0.3) is 0 Å². The average Bonchev–Trinajstić information content (AvgIpc) is 2.41. The largest absolute Gasteiger partial charge is 0.271 e. The first-order valence-corrected chi connectivity index (χ1v) is 6.99. The van der Waals surface area contributed by atoms with Crippen molar-refractivity contribution >= 4 is 0 Å². The lowest BCUT2D eigenvalue weighted by Gasteiger charge is -2.33. The van der Waals surface area contributed by atoms with E-state index in [1.165, 1.54) is 11.1 Å². The van der Waals surface area contributed by atoms with E-state index in [1.54, 1.807) is 6.07 Å². The Bertz CT molecular complexity index is 624. The second kappa shape index (κ2) is 5.35. The van der Waals surface area contributed by atoms with Gasteiger partial charge in [0.15, 0.2) is 0 Å². The Balaban J connectivity index is 1.79. The van der Waals surface area contributed by atoms with Crippen LogP contribution in [0.2, 0.25) is 0 Å². The fourth-order valence-electron chi connectivity index (χ4n) is 3.06. The lowest BCUT2D eigenvalue weighted by atomic mass is 9.74. The Morgan fingerprint density at radius 3 is 2.80 bits per heavy atom. The number of aryl methyl sites for hydroxylation is 1. The van der Waals surface area contributed by atoms with Gasteiger partial charge in [-0.05, 0) is 48.4 Å². The predicted octanol–water partition coefficient (Wildman–Crippen LogP) is 3.37. The van der Waals surface area contributed by atoms with Crippen LogP contribution in [0.4, 0.5) is 4.39 Å². The van der Waals surface area contributed by atoms with Crippen LogP contribution in [0.25, 0.3) is 0 Å². The van der Waals surface area contributed by atoms with E-state index < -0.39 is 0 Å². The third-order valence-corrected chi connectivity index (χ3v) is 4.21. The minimum Gasteiger partial charge on any atom is -0.271 e. The molecule has 2 nitrogen and oxygen atoms in total. The number of fused-ring (bicyclic) bond motifs is 1. The molecule has 0 aromatic heterocycles. The molecule has 2 aromatic carbocycles. The lowest BCUT2D eigenvalue weighted by Crippen LogP contribution is -2.32. The highest BCUT2D eigenvalue weighted by atomic mass is 19.1. The Kier molecular flexibility index (Phi) is 3.55. The molecule has 20 heavy (non-hydrogen) atoms. The zero-order valence-electron chi connectivity index (χ0n) is 11.6. The van der Waals surface area contributed by atoms with Crippen molar-refractivity contribution in [2.75, 3.05) is 0 Å². The van der Waals surface area contributed by atoms with Crippen LogP contribution in [0, 0.1) is 12.7 Å². The van der Waals surface area contributed by atoms with Crippen LogP contribution in [-0.2, 0) is 6.42 Å². The van der Waals surface area contributed by atoms with Gasteiger partial charge in [0, 0.05) is 11.6 Å². The molecule has 2 atom stereocenters. The van der Waals surface area contributed by atoms with Crippen molar-refractivity contribution in [2.45, 2.75) is 31.7 Å². The molecule has 0 saturated heterocycles. The van der Waals surface area contributed by atoms with E-state index in [4.69, 9.17) is 5.84 Å². The molecular weight excluding hydrogens is 251 g/mol. The smallest absolute Gasteiger partial charge is 0.128 e. The maximum Gasteiger partial charge on any atom is 0.128 e. The molecule has 2 unspecified atom stereocenters. The number of nitrogens with one attached hydrogen (secondary N) is 1. The van der Waals surface area contributed by atoms with Crippen molar-refractivity contribution in [3.63, 3.8) is 0 Å². The van der Waals surface area contributed by atoms with Gasteiger partial charge >= 0.3 is 0 Å². The highest BCUT2D eigenvalue weighted by Crippen LogP contribution is 2.40. The van der Waals surface area contributed by atoms with Crippen LogP contribution in [-0.4, -0.2) is 0 Å². The van der Waals surface area contributed by atoms with E-state index in [0.29, 0.717) is 11.5 Å². The number of hydrogen-bond donors (Lipinski definition) is 2. The van der Waals surface area contributed by atoms with E-state index in [2.05, 4.69) is 29.7 Å². The van der Waals surface area contributed by atoms with E-state index >= 15 is 0 Å². The summed E-state index contributed by atoms with van der Waals surface area (Å²) in [7, 11) is 0. The molecule has 3 rings (SSSR count). The highest BCUT2D eigenvalue weighted by molar-refractivity contribution is 5.40. The predicted molar refractivity (Wildman–Crippen MR) is 78.7 cm³/mol. The molecule has 0 saturated carbocycles. The molecule has 3 heteroatoms. The monoisotopic (exact) mass is 270 g/mol. The summed E-state index contributed by atoms with van der Waals surface area (Å²) in [5.41, 5.74) is 7.13. The molecule has 3 N–H and O–H groups in total. The number of rotatable bonds is 4. The molecule has 1 aliphatic carbocycles. The fourth-order valence-corrected chi connectivity index (χ4v) is 3.06. The minimum absolute atomic E-state index is 0.144. The van der Waals surface area contributed by atoms with Crippen molar-refractivity contribution in [2.24, 2.45) is 5.84 Å². The SMILES string of the molecule is Cc1ccc(C(CC2Cc3ccccc32)NN)c(F)c1. The zero-order chi connectivity index (χ0) is 14.1. The van der Waals surface area contributed by atoms with Gasteiger partial charge in [-0.25, -0.2) is 4.39 Å². The zero-order valence-corrected chi connectivity index (χ0v) is 11.6. The molecular formula is C17H19FN2. The van der Waals surface area contributed by atoms with Gasteiger partial charge < -0.3 is 0 Å². The first kappa shape index (κ1) is 13.3. The average molecular weight is 270 g/mol. The molecule has 0 radical (unpaired) electrons. The summed E-state index contributed by atoms with van der Waals surface area (Å²) in [5, 5.41) is 0. The van der Waals surface area contributed by atoms with Crippen molar-refractivity contribution in [1.29, 1.82) is 0 Å². The van der Waals surface area contributed by atoms with E-state index in [-0.39, 0.29) is 11.9 Å². The molecule has 0 bridgehead atoms. The van der Waals surface area contributed by atoms with Gasteiger partial charge in [-0.1, -0.05) is 36.4 Å². The highest BCUT2D eigenvalue weighted by Gasteiger charge is 2.29. The third kappa shape index (κ3) is 2.35. The molecule has 2 aromatic rings. The van der Waals surface area contributed by atoms with Gasteiger partial charge in [-0.15, -0.1) is 0 Å². The van der Waals surface area contributed by atoms with Gasteiger partial charge in [-0.2, -0.15) is 0 Å². The second-order valence-electron chi connectivity index (χ2n) is 5.58. The summed E-state index contributed by atoms with van der Waals surface area (Å²) in [6.07, 6.45) is 1.88. The van der Waals surface area contributed by atoms with Crippen molar-refractivity contribution < 1.29 is 4.39 Å². The number of nitrogens with two attached hydrogens (primary N) is 1. The van der Waals surface area contributed by atoms with Crippen molar-refractivity contribution in [3.05, 3.63) is 70.5 Å². The summed E-state index contributed by atoms with van der Waals surface area (Å²) in [5.74, 6) is 5.93. The molecule has 0 amide bonds. The van der Waals surface area contributed by atoms with Gasteiger partial charge in [0.05, 0.1) is 0 Å². The van der Waals surface area contributed by atoms with Gasteiger partial charge in [0.2, 0.25) is 0 Å². The molecule has 1 aliphatic rings. The molecule has 0 aliphatic heterocycles. The van der Waals surface area contributed by atoms with Crippen LogP contribution >= 0.6 is 0 Å². The Labute approximate surface area is 118 Å². The van der Waals surface area contributed by atoms with Crippen LogP contribution in [0.3, 0.4) is 0 Å². The summed E-state index contributed by atoms with van der Waals surface area (Å²) >= 11 is 0. The number of hydrogen-bond acceptors (Lipinski definition) is 2. The summed E-state index contributed by atoms with van der Waals surface area (Å²) in [4.78, 5) is 0. The first-order chi connectivity index (χ1) is 9.69. The van der Waals surface area contributed by atoms with E-state index in [9.17, 15) is 4.39 Å². The number of halogens is 1.